The van der Waals surface area contributed by atoms with Crippen LogP contribution in [0.2, 0.25) is 0 Å². The van der Waals surface area contributed by atoms with Gasteiger partial charge in [-0.2, -0.15) is 13.2 Å². The molecule has 132 valence electrons. The smallest absolute Gasteiger partial charge is 0.356 e. The van der Waals surface area contributed by atoms with E-state index in [0.29, 0.717) is 25.6 Å². The fourth-order valence-corrected chi connectivity index (χ4v) is 3.32. The van der Waals surface area contributed by atoms with Crippen molar-refractivity contribution < 1.29 is 18.0 Å². The van der Waals surface area contributed by atoms with Crippen LogP contribution in [0.5, 0.6) is 0 Å². The van der Waals surface area contributed by atoms with Crippen molar-refractivity contribution in [1.82, 2.24) is 9.88 Å². The van der Waals surface area contributed by atoms with Gasteiger partial charge in [0.2, 0.25) is 5.91 Å². The molecule has 0 radical (unpaired) electrons. The summed E-state index contributed by atoms with van der Waals surface area (Å²) in [7, 11) is 1.83. The highest BCUT2D eigenvalue weighted by Gasteiger charge is 2.37. The van der Waals surface area contributed by atoms with Crippen molar-refractivity contribution in [3.05, 3.63) is 23.9 Å². The minimum absolute atomic E-state index is 0.0193. The number of amides is 1. The van der Waals surface area contributed by atoms with Crippen LogP contribution in [-0.2, 0) is 11.0 Å². The molecule has 1 saturated heterocycles. The first kappa shape index (κ1) is 17.0. The van der Waals surface area contributed by atoms with Crippen molar-refractivity contribution >= 4 is 11.7 Å². The second kappa shape index (κ2) is 6.61. The van der Waals surface area contributed by atoms with Crippen molar-refractivity contribution in [2.24, 2.45) is 11.8 Å². The summed E-state index contributed by atoms with van der Waals surface area (Å²) in [5, 5.41) is 0. The maximum Gasteiger partial charge on any atom is 0.419 e. The fourth-order valence-electron chi connectivity index (χ4n) is 3.32. The molecule has 0 unspecified atom stereocenters. The Hall–Kier alpha value is -1.79. The highest BCUT2D eigenvalue weighted by Crippen LogP contribution is 2.36. The van der Waals surface area contributed by atoms with E-state index in [9.17, 15) is 18.0 Å². The molecule has 0 spiro atoms. The van der Waals surface area contributed by atoms with Crippen LogP contribution in [-0.4, -0.2) is 42.5 Å². The molecule has 0 atom stereocenters. The molecule has 1 amide bonds. The Balaban J connectivity index is 1.58. The summed E-state index contributed by atoms with van der Waals surface area (Å²) < 4.78 is 39.3. The molecule has 1 aromatic heterocycles. The molecule has 1 saturated carbocycles. The van der Waals surface area contributed by atoms with Gasteiger partial charge in [-0.1, -0.05) is 0 Å². The van der Waals surface area contributed by atoms with Crippen LogP contribution in [0.25, 0.3) is 0 Å². The molecular weight excluding hydrogens is 319 g/mol. The summed E-state index contributed by atoms with van der Waals surface area (Å²) in [5.74, 6) is 0.775. The van der Waals surface area contributed by atoms with E-state index in [1.165, 1.54) is 12.3 Å². The zero-order valence-corrected chi connectivity index (χ0v) is 13.7. The van der Waals surface area contributed by atoms with Crippen molar-refractivity contribution in [3.63, 3.8) is 0 Å². The lowest BCUT2D eigenvalue weighted by molar-refractivity contribution is -0.137. The number of carbonyl (C=O) groups is 1. The lowest BCUT2D eigenvalue weighted by atomic mass is 9.96. The number of alkyl halides is 3. The molecule has 4 nitrogen and oxygen atoms in total. The van der Waals surface area contributed by atoms with E-state index in [1.54, 1.807) is 9.80 Å². The van der Waals surface area contributed by atoms with Crippen molar-refractivity contribution in [1.29, 1.82) is 0 Å². The lowest BCUT2D eigenvalue weighted by Gasteiger charge is -2.35. The van der Waals surface area contributed by atoms with E-state index >= 15 is 0 Å². The molecule has 7 heteroatoms. The maximum atomic E-state index is 13.1. The molecule has 1 aliphatic carbocycles. The molecule has 3 rings (SSSR count). The molecule has 0 N–H and O–H groups in total. The largest absolute Gasteiger partial charge is 0.419 e. The van der Waals surface area contributed by atoms with Crippen LogP contribution >= 0.6 is 0 Å². The molecule has 1 aliphatic heterocycles. The van der Waals surface area contributed by atoms with E-state index in [0.717, 1.165) is 31.7 Å². The zero-order chi connectivity index (χ0) is 17.3. The monoisotopic (exact) mass is 341 g/mol. The summed E-state index contributed by atoms with van der Waals surface area (Å²) in [4.78, 5) is 19.5. The summed E-state index contributed by atoms with van der Waals surface area (Å²) in [6.45, 7) is 1.77. The van der Waals surface area contributed by atoms with Crippen molar-refractivity contribution in [3.8, 4) is 0 Å². The third kappa shape index (κ3) is 3.82. The summed E-state index contributed by atoms with van der Waals surface area (Å²) in [6.07, 6.45) is 0.533. The molecule has 0 aromatic carbocycles. The van der Waals surface area contributed by atoms with Crippen molar-refractivity contribution in [2.75, 3.05) is 31.6 Å². The number of carbonyl (C=O) groups excluding carboxylic acids is 1. The average molecular weight is 341 g/mol. The molecule has 2 heterocycles. The summed E-state index contributed by atoms with van der Waals surface area (Å²) in [5.41, 5.74) is -0.676. The first-order valence-corrected chi connectivity index (χ1v) is 8.38. The molecule has 1 aromatic rings. The van der Waals surface area contributed by atoms with Crippen molar-refractivity contribution in [2.45, 2.75) is 31.9 Å². The quantitative estimate of drug-likeness (QED) is 0.844. The molecule has 2 fully saturated rings. The number of anilines is 1. The minimum Gasteiger partial charge on any atom is -0.356 e. The van der Waals surface area contributed by atoms with E-state index in [-0.39, 0.29) is 17.6 Å². The topological polar surface area (TPSA) is 36.4 Å². The van der Waals surface area contributed by atoms with Crippen LogP contribution in [0.15, 0.2) is 18.3 Å². The van der Waals surface area contributed by atoms with E-state index in [2.05, 4.69) is 4.98 Å². The second-order valence-corrected chi connectivity index (χ2v) is 6.80. The molecule has 24 heavy (non-hydrogen) atoms. The number of hydrogen-bond donors (Lipinski definition) is 0. The number of aromatic nitrogens is 1. The normalized spacial score (nSPS) is 19.4. The Morgan fingerprint density at radius 1 is 1.29 bits per heavy atom. The van der Waals surface area contributed by atoms with Gasteiger partial charge in [-0.15, -0.1) is 0 Å². The van der Waals surface area contributed by atoms with E-state index < -0.39 is 11.7 Å². The highest BCUT2D eigenvalue weighted by atomic mass is 19.4. The van der Waals surface area contributed by atoms with Crippen LogP contribution in [0.3, 0.4) is 0 Å². The Kier molecular flexibility index (Phi) is 4.69. The van der Waals surface area contributed by atoms with Gasteiger partial charge in [0.15, 0.2) is 0 Å². The highest BCUT2D eigenvalue weighted by molar-refractivity contribution is 5.80. The molecule has 2 aliphatic rings. The third-order valence-corrected chi connectivity index (χ3v) is 4.84. The number of hydrogen-bond acceptors (Lipinski definition) is 3. The zero-order valence-electron chi connectivity index (χ0n) is 13.7. The predicted octanol–water partition coefficient (Wildman–Crippen LogP) is 3.19. The van der Waals surface area contributed by atoms with E-state index in [1.807, 2.05) is 7.05 Å². The lowest BCUT2D eigenvalue weighted by Crippen LogP contribution is -2.40. The average Bonchev–Trinajstić information content (AvgIpc) is 3.39. The third-order valence-electron chi connectivity index (χ3n) is 4.84. The van der Waals surface area contributed by atoms with Crippen LogP contribution in [0, 0.1) is 11.8 Å². The minimum atomic E-state index is -4.39. The molecule has 0 bridgehead atoms. The van der Waals surface area contributed by atoms with Gasteiger partial charge in [-0.05, 0) is 43.7 Å². The SMILES string of the molecule is CN(CC1CCN(c2ncccc2C(F)(F)F)CC1)C(=O)C1CC1. The first-order valence-electron chi connectivity index (χ1n) is 8.38. The van der Waals surface area contributed by atoms with Crippen LogP contribution in [0.4, 0.5) is 19.0 Å². The fraction of sp³-hybridized carbons (Fsp3) is 0.647. The van der Waals surface area contributed by atoms with Crippen LogP contribution < -0.4 is 4.90 Å². The Morgan fingerprint density at radius 2 is 1.96 bits per heavy atom. The van der Waals surface area contributed by atoms with Gasteiger partial charge in [-0.3, -0.25) is 4.79 Å². The summed E-state index contributed by atoms with van der Waals surface area (Å²) in [6, 6.07) is 2.40. The van der Waals surface area contributed by atoms with Crippen LogP contribution in [0.1, 0.15) is 31.2 Å². The number of piperidine rings is 1. The Labute approximate surface area is 139 Å². The Bertz CT molecular complexity index is 593. The second-order valence-electron chi connectivity index (χ2n) is 6.80. The standard InChI is InChI=1S/C17H22F3N3O/c1-22(16(24)13-4-5-13)11-12-6-9-23(10-7-12)15-14(17(18,19)20)3-2-8-21-15/h2-3,8,12-13H,4-7,9-11H2,1H3. The van der Waals surface area contributed by atoms with Gasteiger partial charge in [-0.25, -0.2) is 4.98 Å². The molecular formula is C17H22F3N3O. The predicted molar refractivity (Wildman–Crippen MR) is 84.5 cm³/mol. The number of nitrogens with zero attached hydrogens (tertiary/aromatic N) is 3. The summed E-state index contributed by atoms with van der Waals surface area (Å²) >= 11 is 0. The number of halogens is 3. The van der Waals surface area contributed by atoms with Gasteiger partial charge >= 0.3 is 6.18 Å². The van der Waals surface area contributed by atoms with Gasteiger partial charge in [0.25, 0.3) is 0 Å². The van der Waals surface area contributed by atoms with E-state index in [4.69, 9.17) is 0 Å². The van der Waals surface area contributed by atoms with Gasteiger partial charge in [0.1, 0.15) is 5.82 Å². The number of rotatable bonds is 4. The van der Waals surface area contributed by atoms with Gasteiger partial charge < -0.3 is 9.80 Å². The Morgan fingerprint density at radius 3 is 2.54 bits per heavy atom. The number of pyridine rings is 1. The van der Waals surface area contributed by atoms with Gasteiger partial charge in [0.05, 0.1) is 5.56 Å². The first-order chi connectivity index (χ1) is 11.4. The van der Waals surface area contributed by atoms with Gasteiger partial charge in [0, 0.05) is 38.8 Å². The maximum absolute atomic E-state index is 13.1.